The van der Waals surface area contributed by atoms with Gasteiger partial charge in [-0.25, -0.2) is 0 Å². The van der Waals surface area contributed by atoms with Gasteiger partial charge in [-0.2, -0.15) is 22.0 Å². The third kappa shape index (κ3) is 2.13. The lowest BCUT2D eigenvalue weighted by Crippen LogP contribution is -2.44. The van der Waals surface area contributed by atoms with E-state index in [0.29, 0.717) is 6.07 Å². The minimum Gasteiger partial charge on any atom is -0.375 e. The molecule has 0 aromatic heterocycles. The first-order valence-corrected chi connectivity index (χ1v) is 3.64. The van der Waals surface area contributed by atoms with Crippen molar-refractivity contribution in [3.63, 3.8) is 0 Å². The minimum atomic E-state index is -5.68. The molecule has 0 atom stereocenters. The van der Waals surface area contributed by atoms with Crippen LogP contribution in [0.2, 0.25) is 0 Å². The summed E-state index contributed by atoms with van der Waals surface area (Å²) in [5.41, 5.74) is -2.54. The zero-order chi connectivity index (χ0) is 11.9. The number of halogens is 5. The Morgan fingerprint density at radius 3 is 2.00 bits per heavy atom. The molecule has 0 fully saturated rings. The second-order valence-corrected chi connectivity index (χ2v) is 2.81. The van der Waals surface area contributed by atoms with Crippen LogP contribution in [-0.4, -0.2) is 18.6 Å². The summed E-state index contributed by atoms with van der Waals surface area (Å²) in [5, 5.41) is 1.57. The van der Waals surface area contributed by atoms with Crippen LogP contribution in [0.3, 0.4) is 0 Å². The zero-order valence-corrected chi connectivity index (χ0v) is 6.99. The molecular weight excluding hydrogens is 225 g/mol. The second-order valence-electron chi connectivity index (χ2n) is 2.81. The van der Waals surface area contributed by atoms with Crippen molar-refractivity contribution >= 4 is 5.69 Å². The Labute approximate surface area is 79.2 Å². The molecule has 0 saturated heterocycles. The van der Waals surface area contributed by atoms with Gasteiger partial charge in [0.15, 0.2) is 0 Å². The molecule has 0 amide bonds. The van der Waals surface area contributed by atoms with E-state index in [9.17, 15) is 31.5 Å². The molecule has 0 unspecified atom stereocenters. The highest BCUT2D eigenvalue weighted by Gasteiger charge is 2.57. The molecule has 0 spiro atoms. The molecule has 1 aromatic rings. The predicted octanol–water partition coefficient (Wildman–Crippen LogP) is 0.892. The van der Waals surface area contributed by atoms with E-state index in [-0.39, 0.29) is 0 Å². The minimum absolute atomic E-state index is 0.524. The average molecular weight is 229 g/mol. The fourth-order valence-corrected chi connectivity index (χ4v) is 0.755. The maximum Gasteiger partial charge on any atom is 0.455 e. The van der Waals surface area contributed by atoms with Crippen LogP contribution >= 0.6 is 0 Å². The number of hydrogen-bond donors (Lipinski definition) is 1. The third-order valence-corrected chi connectivity index (χ3v) is 1.66. The fourth-order valence-electron chi connectivity index (χ4n) is 0.755. The fraction of sp³-hybridized carbons (Fsp3) is 0.429. The smallest absolute Gasteiger partial charge is 0.375 e. The molecule has 0 radical (unpaired) electrons. The Balaban J connectivity index is 2.63. The van der Waals surface area contributed by atoms with Crippen LogP contribution in [0.1, 0.15) is 0 Å². The van der Waals surface area contributed by atoms with E-state index in [1.54, 1.807) is 5.32 Å². The lowest BCUT2D eigenvalue weighted by molar-refractivity contribution is -0.275. The van der Waals surface area contributed by atoms with Gasteiger partial charge >= 0.3 is 12.1 Å². The predicted molar refractivity (Wildman–Crippen MR) is 40.8 cm³/mol. The summed E-state index contributed by atoms with van der Waals surface area (Å²) in [6.45, 7) is -1.76. The lowest BCUT2D eigenvalue weighted by atomic mass is 10.2. The van der Waals surface area contributed by atoms with Crippen LogP contribution in [0, 0.1) is 0 Å². The largest absolute Gasteiger partial charge is 0.455 e. The van der Waals surface area contributed by atoms with E-state index >= 15 is 0 Å². The normalized spacial score (nSPS) is 13.1. The highest BCUT2D eigenvalue weighted by atomic mass is 19.4. The second kappa shape index (κ2) is 3.28. The Bertz CT molecular complexity index is 429. The average Bonchev–Trinajstić information content (AvgIpc) is 2.09. The first kappa shape index (κ1) is 11.6. The van der Waals surface area contributed by atoms with Crippen LogP contribution in [0.4, 0.5) is 27.6 Å². The van der Waals surface area contributed by atoms with Gasteiger partial charge in [-0.15, -0.1) is 0 Å². The third-order valence-electron chi connectivity index (χ3n) is 1.66. The molecule has 1 N–H and O–H groups in total. The van der Waals surface area contributed by atoms with E-state index in [2.05, 4.69) is 0 Å². The molecule has 0 aliphatic rings. The van der Waals surface area contributed by atoms with Gasteiger partial charge in [-0.05, 0) is 0 Å². The van der Waals surface area contributed by atoms with Crippen molar-refractivity contribution in [3.8, 4) is 0 Å². The van der Waals surface area contributed by atoms with Gasteiger partial charge in [0.05, 0.1) is 12.2 Å². The van der Waals surface area contributed by atoms with Gasteiger partial charge in [-0.3, -0.25) is 9.59 Å². The molecule has 0 bridgehead atoms. The maximum atomic E-state index is 12.3. The molecule has 0 heterocycles. The maximum absolute atomic E-state index is 12.3. The van der Waals surface area contributed by atoms with Crippen molar-refractivity contribution in [2.75, 3.05) is 11.9 Å². The molecule has 1 rings (SSSR count). The van der Waals surface area contributed by atoms with Gasteiger partial charge in [0, 0.05) is 6.07 Å². The number of anilines is 1. The molecule has 1 aromatic carbocycles. The number of hydrogen-bond acceptors (Lipinski definition) is 3. The van der Waals surface area contributed by atoms with E-state index in [1.807, 2.05) is 0 Å². The van der Waals surface area contributed by atoms with Crippen LogP contribution in [0.25, 0.3) is 0 Å². The molecule has 0 saturated carbocycles. The van der Waals surface area contributed by atoms with Gasteiger partial charge in [0.1, 0.15) is 0 Å². The Hall–Kier alpha value is -1.47. The van der Waals surface area contributed by atoms with E-state index in [1.165, 1.54) is 0 Å². The van der Waals surface area contributed by atoms with Gasteiger partial charge < -0.3 is 5.32 Å². The van der Waals surface area contributed by atoms with Gasteiger partial charge in [0.25, 0.3) is 0 Å². The first-order chi connectivity index (χ1) is 6.65. The summed E-state index contributed by atoms with van der Waals surface area (Å²) < 4.78 is 59.4. The Morgan fingerprint density at radius 2 is 1.67 bits per heavy atom. The van der Waals surface area contributed by atoms with Gasteiger partial charge in [0.2, 0.25) is 10.9 Å². The lowest BCUT2D eigenvalue weighted by Gasteiger charge is -2.20. The molecule has 84 valence electrons. The summed E-state index contributed by atoms with van der Waals surface area (Å²) in [6, 6.07) is 0.661. The monoisotopic (exact) mass is 229 g/mol. The van der Waals surface area contributed by atoms with Crippen molar-refractivity contribution in [3.05, 3.63) is 26.5 Å². The SMILES string of the molecule is O=c1cc(NCC(F)(F)C(F)(F)F)c1=O. The number of nitrogens with one attached hydrogen (secondary N) is 1. The number of rotatable bonds is 3. The Morgan fingerprint density at radius 1 is 1.13 bits per heavy atom. The van der Waals surface area contributed by atoms with Crippen LogP contribution in [0.5, 0.6) is 0 Å². The molecule has 15 heavy (non-hydrogen) atoms. The van der Waals surface area contributed by atoms with Crippen LogP contribution < -0.4 is 16.2 Å². The van der Waals surface area contributed by atoms with Crippen molar-refractivity contribution in [2.24, 2.45) is 0 Å². The highest BCUT2D eigenvalue weighted by Crippen LogP contribution is 2.35. The molecule has 0 aliphatic carbocycles. The first-order valence-electron chi connectivity index (χ1n) is 3.64. The molecule has 0 aliphatic heterocycles. The van der Waals surface area contributed by atoms with E-state index < -0.39 is 35.2 Å². The van der Waals surface area contributed by atoms with Gasteiger partial charge in [-0.1, -0.05) is 0 Å². The topological polar surface area (TPSA) is 46.2 Å². The van der Waals surface area contributed by atoms with E-state index in [4.69, 9.17) is 0 Å². The van der Waals surface area contributed by atoms with E-state index in [0.717, 1.165) is 0 Å². The Kier molecular flexibility index (Phi) is 2.54. The van der Waals surface area contributed by atoms with Crippen molar-refractivity contribution in [2.45, 2.75) is 12.1 Å². The zero-order valence-electron chi connectivity index (χ0n) is 6.99. The molecule has 8 heteroatoms. The van der Waals surface area contributed by atoms with Crippen LogP contribution in [-0.2, 0) is 0 Å². The summed E-state index contributed by atoms with van der Waals surface area (Å²) in [4.78, 5) is 20.8. The molecular formula is C7H4F5NO2. The summed E-state index contributed by atoms with van der Waals surface area (Å²) in [7, 11) is 0. The highest BCUT2D eigenvalue weighted by molar-refractivity contribution is 5.47. The van der Waals surface area contributed by atoms with Crippen molar-refractivity contribution in [1.82, 2.24) is 0 Å². The summed E-state index contributed by atoms with van der Waals surface area (Å²) >= 11 is 0. The summed E-state index contributed by atoms with van der Waals surface area (Å²) in [6.07, 6.45) is -5.68. The van der Waals surface area contributed by atoms with Crippen molar-refractivity contribution in [1.29, 1.82) is 0 Å². The standard InChI is InChI=1S/C7H4F5NO2/c8-6(9,7(10,11)12)2-13-3-1-4(14)5(3)15/h1,13H,2H2. The molecule has 3 nitrogen and oxygen atoms in total. The van der Waals surface area contributed by atoms with Crippen LogP contribution in [0.15, 0.2) is 15.7 Å². The quantitative estimate of drug-likeness (QED) is 0.618. The van der Waals surface area contributed by atoms with Crippen molar-refractivity contribution < 1.29 is 22.0 Å². The number of alkyl halides is 5. The summed E-state index contributed by atoms with van der Waals surface area (Å²) in [5.74, 6) is -4.94.